The van der Waals surface area contributed by atoms with Gasteiger partial charge in [0, 0.05) is 23.5 Å². The molecule has 0 amide bonds. The Morgan fingerprint density at radius 1 is 1.12 bits per heavy atom. The van der Waals surface area contributed by atoms with Gasteiger partial charge in [-0.05, 0) is 73.9 Å². The molecule has 1 aliphatic rings. The first-order valence-corrected chi connectivity index (χ1v) is 8.86. The molecule has 0 radical (unpaired) electrons. The first-order valence-electron chi connectivity index (χ1n) is 8.86. The molecule has 0 bridgehead atoms. The van der Waals surface area contributed by atoms with Crippen LogP contribution in [0.5, 0.6) is 5.75 Å². The van der Waals surface area contributed by atoms with Crippen molar-refractivity contribution in [2.24, 2.45) is 0 Å². The highest BCUT2D eigenvalue weighted by Gasteiger charge is 2.26. The summed E-state index contributed by atoms with van der Waals surface area (Å²) in [6.45, 7) is 5.72. The second-order valence-corrected chi connectivity index (χ2v) is 7.11. The number of aromatic hydroxyl groups is 1. The number of benzene rings is 1. The maximum Gasteiger partial charge on any atom is 0.348 e. The molecule has 3 aromatic rings. The van der Waals surface area contributed by atoms with Crippen LogP contribution >= 0.6 is 0 Å². The van der Waals surface area contributed by atoms with Gasteiger partial charge in [0.1, 0.15) is 17.1 Å². The van der Waals surface area contributed by atoms with E-state index in [1.54, 1.807) is 31.5 Å². The number of hydrogen-bond acceptors (Lipinski definition) is 4. The van der Waals surface area contributed by atoms with Crippen LogP contribution in [0.4, 0.5) is 0 Å². The molecule has 1 fully saturated rings. The lowest BCUT2D eigenvalue weighted by Crippen LogP contribution is -2.08. The molecular weight excluding hydrogens is 326 g/mol. The summed E-state index contributed by atoms with van der Waals surface area (Å²) in [7, 11) is 0. The summed E-state index contributed by atoms with van der Waals surface area (Å²) >= 11 is 0. The van der Waals surface area contributed by atoms with E-state index in [2.05, 4.69) is 17.1 Å². The van der Waals surface area contributed by atoms with Crippen LogP contribution in [0.1, 0.15) is 41.0 Å². The summed E-state index contributed by atoms with van der Waals surface area (Å²) in [5.41, 5.74) is 4.98. The van der Waals surface area contributed by atoms with E-state index in [1.807, 2.05) is 13.8 Å². The molecule has 0 unspecified atom stereocenters. The summed E-state index contributed by atoms with van der Waals surface area (Å²) in [4.78, 5) is 16.8. The second kappa shape index (κ2) is 6.13. The fraction of sp³-hybridized carbons (Fsp3) is 0.273. The van der Waals surface area contributed by atoms with Crippen LogP contribution in [0.15, 0.2) is 45.9 Å². The van der Waals surface area contributed by atoms with Crippen molar-refractivity contribution in [1.29, 1.82) is 0 Å². The third kappa shape index (κ3) is 2.71. The number of hydrogen-bond donors (Lipinski definition) is 1. The molecule has 132 valence electrons. The van der Waals surface area contributed by atoms with Crippen LogP contribution in [-0.2, 0) is 0 Å². The van der Waals surface area contributed by atoms with Gasteiger partial charge in [-0.2, -0.15) is 0 Å². The van der Waals surface area contributed by atoms with E-state index in [9.17, 15) is 9.90 Å². The Hall–Kier alpha value is -2.88. The van der Waals surface area contributed by atoms with E-state index >= 15 is 0 Å². The molecule has 26 heavy (non-hydrogen) atoms. The van der Waals surface area contributed by atoms with Crippen LogP contribution in [0, 0.1) is 20.8 Å². The molecule has 1 aliphatic carbocycles. The molecule has 4 heteroatoms. The topological polar surface area (TPSA) is 63.3 Å². The second-order valence-electron chi connectivity index (χ2n) is 7.11. The van der Waals surface area contributed by atoms with Gasteiger partial charge in [0.15, 0.2) is 0 Å². The Morgan fingerprint density at radius 2 is 1.81 bits per heavy atom. The zero-order valence-corrected chi connectivity index (χ0v) is 15.2. The summed E-state index contributed by atoms with van der Waals surface area (Å²) in [5.74, 6) is 0.973. The van der Waals surface area contributed by atoms with Gasteiger partial charge in [0.2, 0.25) is 0 Å². The van der Waals surface area contributed by atoms with E-state index in [4.69, 9.17) is 4.42 Å². The highest BCUT2D eigenvalue weighted by atomic mass is 16.4. The summed E-state index contributed by atoms with van der Waals surface area (Å²) in [6.07, 6.45) is 5.72. The van der Waals surface area contributed by atoms with Gasteiger partial charge in [-0.1, -0.05) is 12.1 Å². The van der Waals surface area contributed by atoms with Crippen molar-refractivity contribution in [3.05, 3.63) is 69.3 Å². The zero-order chi connectivity index (χ0) is 18.4. The van der Waals surface area contributed by atoms with Crippen molar-refractivity contribution in [2.45, 2.75) is 39.5 Å². The minimum Gasteiger partial charge on any atom is -0.507 e. The van der Waals surface area contributed by atoms with Crippen LogP contribution in [0.3, 0.4) is 0 Å². The van der Waals surface area contributed by atoms with Crippen LogP contribution in [0.2, 0.25) is 0 Å². The third-order valence-corrected chi connectivity index (χ3v) is 5.11. The summed E-state index contributed by atoms with van der Waals surface area (Å²) in [5, 5.41) is 10.8. The maximum absolute atomic E-state index is 12.8. The van der Waals surface area contributed by atoms with Gasteiger partial charge in [0.25, 0.3) is 0 Å². The monoisotopic (exact) mass is 347 g/mol. The van der Waals surface area contributed by atoms with Gasteiger partial charge >= 0.3 is 5.63 Å². The molecule has 2 heterocycles. The molecule has 0 spiro atoms. The molecule has 0 saturated heterocycles. The standard InChI is InChI=1S/C22H21NO3/c1-12-9-17(15-6-7-15)10-13(2)18(12)19-20(24)14(3)21(26-22(19)25)16-5-4-8-23-11-16/h4-5,8-11,15,24H,6-7H2,1-3H3. The SMILES string of the molecule is Cc1cc(C2CC2)cc(C)c1-c1c(O)c(C)c(-c2cccnc2)oc1=O. The fourth-order valence-corrected chi connectivity index (χ4v) is 3.65. The molecule has 4 rings (SSSR count). The Kier molecular flexibility index (Phi) is 3.91. The first-order chi connectivity index (χ1) is 12.5. The van der Waals surface area contributed by atoms with Crippen molar-refractivity contribution >= 4 is 0 Å². The summed E-state index contributed by atoms with van der Waals surface area (Å²) in [6, 6.07) is 7.83. The van der Waals surface area contributed by atoms with Gasteiger partial charge in [0.05, 0.1) is 0 Å². The number of nitrogens with zero attached hydrogens (tertiary/aromatic N) is 1. The van der Waals surface area contributed by atoms with Gasteiger partial charge in [-0.3, -0.25) is 4.98 Å². The quantitative estimate of drug-likeness (QED) is 0.733. The highest BCUT2D eigenvalue weighted by molar-refractivity contribution is 5.79. The summed E-state index contributed by atoms with van der Waals surface area (Å²) < 4.78 is 5.60. The average Bonchev–Trinajstić information content (AvgIpc) is 3.46. The normalized spacial score (nSPS) is 13.8. The van der Waals surface area contributed by atoms with E-state index in [0.29, 0.717) is 22.8 Å². The van der Waals surface area contributed by atoms with E-state index in [-0.39, 0.29) is 11.3 Å². The van der Waals surface area contributed by atoms with Crippen LogP contribution in [0.25, 0.3) is 22.5 Å². The Bertz CT molecular complexity index is 1020. The lowest BCUT2D eigenvalue weighted by Gasteiger charge is -2.15. The predicted molar refractivity (Wildman–Crippen MR) is 101 cm³/mol. The predicted octanol–water partition coefficient (Wildman–Crippen LogP) is 4.88. The number of aromatic nitrogens is 1. The molecule has 1 saturated carbocycles. The largest absolute Gasteiger partial charge is 0.507 e. The first kappa shape index (κ1) is 16.6. The van der Waals surface area contributed by atoms with E-state index in [0.717, 1.165) is 16.7 Å². The van der Waals surface area contributed by atoms with Crippen LogP contribution in [-0.4, -0.2) is 10.1 Å². The maximum atomic E-state index is 12.8. The number of aryl methyl sites for hydroxylation is 2. The van der Waals surface area contributed by atoms with Crippen molar-refractivity contribution < 1.29 is 9.52 Å². The number of pyridine rings is 1. The van der Waals surface area contributed by atoms with Crippen molar-refractivity contribution in [3.63, 3.8) is 0 Å². The van der Waals surface area contributed by atoms with Gasteiger partial charge < -0.3 is 9.52 Å². The Morgan fingerprint density at radius 3 is 2.38 bits per heavy atom. The van der Waals surface area contributed by atoms with Crippen molar-refractivity contribution in [2.75, 3.05) is 0 Å². The van der Waals surface area contributed by atoms with E-state index < -0.39 is 5.63 Å². The molecule has 4 nitrogen and oxygen atoms in total. The minimum atomic E-state index is -0.530. The Balaban J connectivity index is 1.91. The molecule has 1 N–H and O–H groups in total. The molecule has 0 atom stereocenters. The van der Waals surface area contributed by atoms with E-state index in [1.165, 1.54) is 18.4 Å². The molecule has 2 aromatic heterocycles. The zero-order valence-electron chi connectivity index (χ0n) is 15.2. The number of rotatable bonds is 3. The lowest BCUT2D eigenvalue weighted by molar-refractivity contribution is 0.450. The highest BCUT2D eigenvalue weighted by Crippen LogP contribution is 2.43. The smallest absolute Gasteiger partial charge is 0.348 e. The molecule has 1 aromatic carbocycles. The minimum absolute atomic E-state index is 0.0227. The fourth-order valence-electron chi connectivity index (χ4n) is 3.65. The lowest BCUT2D eigenvalue weighted by atomic mass is 9.91. The average molecular weight is 347 g/mol. The van der Waals surface area contributed by atoms with Crippen LogP contribution < -0.4 is 5.63 Å². The Labute approximate surface area is 152 Å². The van der Waals surface area contributed by atoms with Crippen molar-refractivity contribution in [1.82, 2.24) is 4.98 Å². The van der Waals surface area contributed by atoms with Gasteiger partial charge in [-0.25, -0.2) is 4.79 Å². The molecule has 0 aliphatic heterocycles. The molecular formula is C22H21NO3. The van der Waals surface area contributed by atoms with Crippen molar-refractivity contribution in [3.8, 4) is 28.2 Å². The third-order valence-electron chi connectivity index (χ3n) is 5.11. The van der Waals surface area contributed by atoms with Gasteiger partial charge in [-0.15, -0.1) is 0 Å².